The van der Waals surface area contributed by atoms with E-state index in [0.717, 1.165) is 18.3 Å². The summed E-state index contributed by atoms with van der Waals surface area (Å²) in [7, 11) is 0. The maximum Gasteiger partial charge on any atom is 0.0693 e. The molecule has 0 aliphatic heterocycles. The number of aliphatic hydroxyl groups is 1. The van der Waals surface area contributed by atoms with E-state index in [9.17, 15) is 5.11 Å². The molecule has 100 valence electrons. The van der Waals surface area contributed by atoms with E-state index in [1.165, 1.54) is 44.9 Å². The molecule has 0 aromatic heterocycles. The Morgan fingerprint density at radius 2 is 1.65 bits per heavy atom. The molecular weight excluding hydrogens is 210 g/mol. The lowest BCUT2D eigenvalue weighted by Gasteiger charge is -2.37. The maximum atomic E-state index is 10.2. The number of hydrogen-bond donors (Lipinski definition) is 2. The van der Waals surface area contributed by atoms with Crippen molar-refractivity contribution in [3.8, 4) is 0 Å². The van der Waals surface area contributed by atoms with Gasteiger partial charge in [0.05, 0.1) is 6.10 Å². The molecule has 2 nitrogen and oxygen atoms in total. The summed E-state index contributed by atoms with van der Waals surface area (Å²) in [6.45, 7) is 4.73. The summed E-state index contributed by atoms with van der Waals surface area (Å²) in [5, 5.41) is 13.9. The second kappa shape index (κ2) is 6.19. The highest BCUT2D eigenvalue weighted by molar-refractivity contribution is 4.87. The second-order valence-electron chi connectivity index (χ2n) is 6.48. The Labute approximate surface area is 106 Å². The fourth-order valence-electron chi connectivity index (χ4n) is 3.52. The largest absolute Gasteiger partial charge is 0.392 e. The van der Waals surface area contributed by atoms with Gasteiger partial charge in [-0.2, -0.15) is 0 Å². The van der Waals surface area contributed by atoms with Crippen molar-refractivity contribution in [1.29, 1.82) is 0 Å². The van der Waals surface area contributed by atoms with Crippen molar-refractivity contribution in [3.63, 3.8) is 0 Å². The van der Waals surface area contributed by atoms with Crippen LogP contribution in [-0.4, -0.2) is 23.3 Å². The number of rotatable bonds is 2. The highest BCUT2D eigenvalue weighted by Gasteiger charge is 2.30. The molecule has 2 aliphatic carbocycles. The minimum Gasteiger partial charge on any atom is -0.392 e. The summed E-state index contributed by atoms with van der Waals surface area (Å²) < 4.78 is 0. The summed E-state index contributed by atoms with van der Waals surface area (Å²) >= 11 is 0. The minimum absolute atomic E-state index is 0.109. The molecule has 5 unspecified atom stereocenters. The number of aliphatic hydroxyl groups excluding tert-OH is 1. The van der Waals surface area contributed by atoms with E-state index < -0.39 is 0 Å². The lowest BCUT2D eigenvalue weighted by Crippen LogP contribution is -2.49. The normalized spacial score (nSPS) is 44.3. The van der Waals surface area contributed by atoms with Gasteiger partial charge in [0, 0.05) is 12.1 Å². The van der Waals surface area contributed by atoms with Crippen LogP contribution in [0.3, 0.4) is 0 Å². The van der Waals surface area contributed by atoms with E-state index in [0.29, 0.717) is 12.1 Å². The first-order valence-corrected chi connectivity index (χ1v) is 7.61. The van der Waals surface area contributed by atoms with Crippen LogP contribution in [0, 0.1) is 11.8 Å². The lowest BCUT2D eigenvalue weighted by molar-refractivity contribution is 0.0973. The van der Waals surface area contributed by atoms with Crippen LogP contribution in [0.2, 0.25) is 0 Å². The van der Waals surface area contributed by atoms with Crippen molar-refractivity contribution < 1.29 is 5.11 Å². The van der Waals surface area contributed by atoms with Crippen molar-refractivity contribution >= 4 is 0 Å². The van der Waals surface area contributed by atoms with Gasteiger partial charge >= 0.3 is 0 Å². The molecule has 17 heavy (non-hydrogen) atoms. The van der Waals surface area contributed by atoms with Crippen molar-refractivity contribution in [2.75, 3.05) is 0 Å². The molecule has 0 aromatic carbocycles. The zero-order chi connectivity index (χ0) is 12.3. The van der Waals surface area contributed by atoms with Crippen LogP contribution in [0.4, 0.5) is 0 Å². The van der Waals surface area contributed by atoms with Crippen LogP contribution >= 0.6 is 0 Å². The molecule has 2 heteroatoms. The van der Waals surface area contributed by atoms with E-state index in [2.05, 4.69) is 19.2 Å². The second-order valence-corrected chi connectivity index (χ2v) is 6.48. The molecule has 0 radical (unpaired) electrons. The standard InChI is InChI=1S/C15H29NO/c1-11-8-9-12(2)14(10-11)16-13-6-4-3-5-7-15(13)17/h11-17H,3-10H2,1-2H3. The summed E-state index contributed by atoms with van der Waals surface area (Å²) in [6.07, 6.45) is 9.86. The monoisotopic (exact) mass is 239 g/mol. The first kappa shape index (κ1) is 13.4. The van der Waals surface area contributed by atoms with Crippen molar-refractivity contribution in [2.24, 2.45) is 11.8 Å². The van der Waals surface area contributed by atoms with E-state index in [4.69, 9.17) is 0 Å². The molecule has 2 rings (SSSR count). The van der Waals surface area contributed by atoms with Crippen LogP contribution in [0.15, 0.2) is 0 Å². The van der Waals surface area contributed by atoms with Crippen LogP contribution in [0.1, 0.15) is 65.2 Å². The predicted molar refractivity (Wildman–Crippen MR) is 72.0 cm³/mol. The van der Waals surface area contributed by atoms with Gasteiger partial charge in [0.15, 0.2) is 0 Å². The molecule has 0 bridgehead atoms. The topological polar surface area (TPSA) is 32.3 Å². The highest BCUT2D eigenvalue weighted by atomic mass is 16.3. The van der Waals surface area contributed by atoms with E-state index in [1.807, 2.05) is 0 Å². The van der Waals surface area contributed by atoms with Crippen LogP contribution in [0.5, 0.6) is 0 Å². The van der Waals surface area contributed by atoms with Gasteiger partial charge in [-0.1, -0.05) is 39.5 Å². The van der Waals surface area contributed by atoms with Gasteiger partial charge < -0.3 is 10.4 Å². The molecule has 2 fully saturated rings. The van der Waals surface area contributed by atoms with Gasteiger partial charge in [0.1, 0.15) is 0 Å². The van der Waals surface area contributed by atoms with Gasteiger partial charge in [-0.25, -0.2) is 0 Å². The average Bonchev–Trinajstić information content (AvgIpc) is 2.50. The Morgan fingerprint density at radius 1 is 0.882 bits per heavy atom. The maximum absolute atomic E-state index is 10.2. The Hall–Kier alpha value is -0.0800. The van der Waals surface area contributed by atoms with E-state index >= 15 is 0 Å². The molecule has 0 saturated heterocycles. The third-order valence-electron chi connectivity index (χ3n) is 4.87. The molecule has 2 saturated carbocycles. The molecule has 0 heterocycles. The van der Waals surface area contributed by atoms with E-state index in [1.54, 1.807) is 0 Å². The van der Waals surface area contributed by atoms with Crippen molar-refractivity contribution in [2.45, 2.75) is 83.4 Å². The van der Waals surface area contributed by atoms with Gasteiger partial charge in [0.25, 0.3) is 0 Å². The Bertz CT molecular complexity index is 231. The first-order chi connectivity index (χ1) is 8.16. The number of hydrogen-bond acceptors (Lipinski definition) is 2. The van der Waals surface area contributed by atoms with Gasteiger partial charge in [-0.05, 0) is 37.5 Å². The van der Waals surface area contributed by atoms with Gasteiger partial charge in [0.2, 0.25) is 0 Å². The van der Waals surface area contributed by atoms with Gasteiger partial charge in [-0.3, -0.25) is 0 Å². The SMILES string of the molecule is CC1CCC(C)C(NC2CCCCCC2O)C1. The zero-order valence-electron chi connectivity index (χ0n) is 11.5. The van der Waals surface area contributed by atoms with Crippen LogP contribution in [-0.2, 0) is 0 Å². The smallest absolute Gasteiger partial charge is 0.0693 e. The summed E-state index contributed by atoms with van der Waals surface area (Å²) in [5.74, 6) is 1.63. The first-order valence-electron chi connectivity index (χ1n) is 7.61. The Balaban J connectivity index is 1.89. The minimum atomic E-state index is -0.109. The van der Waals surface area contributed by atoms with E-state index in [-0.39, 0.29) is 6.10 Å². The molecule has 5 atom stereocenters. The third kappa shape index (κ3) is 3.69. The van der Waals surface area contributed by atoms with Crippen LogP contribution in [0.25, 0.3) is 0 Å². The van der Waals surface area contributed by atoms with Gasteiger partial charge in [-0.15, -0.1) is 0 Å². The summed E-state index contributed by atoms with van der Waals surface area (Å²) in [4.78, 5) is 0. The zero-order valence-corrected chi connectivity index (χ0v) is 11.5. The summed E-state index contributed by atoms with van der Waals surface area (Å²) in [6, 6.07) is 0.992. The average molecular weight is 239 g/mol. The van der Waals surface area contributed by atoms with Crippen LogP contribution < -0.4 is 5.32 Å². The molecule has 0 spiro atoms. The van der Waals surface area contributed by atoms with Crippen molar-refractivity contribution in [3.05, 3.63) is 0 Å². The Morgan fingerprint density at radius 3 is 2.47 bits per heavy atom. The molecule has 0 amide bonds. The lowest BCUT2D eigenvalue weighted by atomic mass is 9.79. The quantitative estimate of drug-likeness (QED) is 0.726. The molecule has 2 N–H and O–H groups in total. The highest BCUT2D eigenvalue weighted by Crippen LogP contribution is 2.30. The fourth-order valence-corrected chi connectivity index (χ4v) is 3.52. The third-order valence-corrected chi connectivity index (χ3v) is 4.87. The predicted octanol–water partition coefficient (Wildman–Crippen LogP) is 3.09. The fraction of sp³-hybridized carbons (Fsp3) is 1.00. The molecule has 2 aliphatic rings. The number of nitrogens with one attached hydrogen (secondary N) is 1. The molecule has 0 aromatic rings. The molecular formula is C15H29NO. The summed E-state index contributed by atoms with van der Waals surface area (Å²) in [5.41, 5.74) is 0. The van der Waals surface area contributed by atoms with Crippen molar-refractivity contribution in [1.82, 2.24) is 5.32 Å². The Kier molecular flexibility index (Phi) is 4.87.